The Morgan fingerprint density at radius 2 is 2.00 bits per heavy atom. The third-order valence-corrected chi connectivity index (χ3v) is 3.11. The third kappa shape index (κ3) is 4.67. The van der Waals surface area contributed by atoms with E-state index in [2.05, 4.69) is 5.32 Å². The minimum atomic E-state index is -0.927. The van der Waals surface area contributed by atoms with E-state index in [4.69, 9.17) is 4.74 Å². The van der Waals surface area contributed by atoms with Gasteiger partial charge in [0.25, 0.3) is 0 Å². The summed E-state index contributed by atoms with van der Waals surface area (Å²) in [5, 5.41) is 12.3. The number of carboxylic acids is 1. The molecular weight excluding hydrogens is 260 g/mol. The molecule has 0 saturated carbocycles. The molecule has 0 aromatic heterocycles. The molecule has 0 aromatic rings. The quantitative estimate of drug-likeness (QED) is 0.825. The molecule has 0 radical (unpaired) electrons. The van der Waals surface area contributed by atoms with Gasteiger partial charge in [-0.1, -0.05) is 13.8 Å². The Labute approximate surface area is 120 Å². The van der Waals surface area contributed by atoms with Crippen LogP contribution in [0.15, 0.2) is 0 Å². The van der Waals surface area contributed by atoms with E-state index in [1.165, 1.54) is 0 Å². The second kappa shape index (κ2) is 6.43. The van der Waals surface area contributed by atoms with Gasteiger partial charge in [-0.3, -0.25) is 4.79 Å². The van der Waals surface area contributed by atoms with Crippen molar-refractivity contribution in [1.29, 1.82) is 0 Å². The number of hydrogen-bond acceptors (Lipinski definition) is 4. The lowest BCUT2D eigenvalue weighted by molar-refractivity contribution is -0.142. The second-order valence-electron chi connectivity index (χ2n) is 6.64. The maximum atomic E-state index is 12.3. The van der Waals surface area contributed by atoms with E-state index in [-0.39, 0.29) is 6.04 Å². The van der Waals surface area contributed by atoms with Crippen LogP contribution in [-0.4, -0.2) is 52.8 Å². The summed E-state index contributed by atoms with van der Waals surface area (Å²) in [7, 11) is 0. The number of aliphatic carboxylic acids is 1. The van der Waals surface area contributed by atoms with E-state index < -0.39 is 23.7 Å². The van der Waals surface area contributed by atoms with Crippen molar-refractivity contribution in [3.8, 4) is 0 Å². The Morgan fingerprint density at radius 1 is 1.40 bits per heavy atom. The largest absolute Gasteiger partial charge is 0.480 e. The summed E-state index contributed by atoms with van der Waals surface area (Å²) in [5.74, 6) is -0.629. The van der Waals surface area contributed by atoms with Gasteiger partial charge in [0.15, 0.2) is 0 Å². The van der Waals surface area contributed by atoms with E-state index in [1.807, 2.05) is 13.8 Å². The molecule has 1 rings (SSSR count). The Hall–Kier alpha value is -1.30. The van der Waals surface area contributed by atoms with Crippen LogP contribution in [0.4, 0.5) is 4.79 Å². The fourth-order valence-electron chi connectivity index (χ4n) is 2.37. The number of rotatable bonds is 3. The first kappa shape index (κ1) is 16.8. The molecule has 1 heterocycles. The van der Waals surface area contributed by atoms with Gasteiger partial charge in [0, 0.05) is 13.1 Å². The third-order valence-electron chi connectivity index (χ3n) is 3.11. The van der Waals surface area contributed by atoms with E-state index >= 15 is 0 Å². The summed E-state index contributed by atoms with van der Waals surface area (Å²) in [6.07, 6.45) is 0.194. The molecule has 1 unspecified atom stereocenters. The lowest BCUT2D eigenvalue weighted by Gasteiger charge is -2.41. The van der Waals surface area contributed by atoms with Crippen molar-refractivity contribution in [1.82, 2.24) is 10.2 Å². The lowest BCUT2D eigenvalue weighted by atomic mass is 9.94. The molecule has 1 amide bonds. The van der Waals surface area contributed by atoms with E-state index in [1.54, 1.807) is 25.7 Å². The first-order valence-electron chi connectivity index (χ1n) is 7.07. The number of nitrogens with one attached hydrogen (secondary N) is 1. The molecule has 1 fully saturated rings. The van der Waals surface area contributed by atoms with Crippen molar-refractivity contribution in [3.63, 3.8) is 0 Å². The van der Waals surface area contributed by atoms with Gasteiger partial charge < -0.3 is 20.1 Å². The molecule has 6 nitrogen and oxygen atoms in total. The predicted molar refractivity (Wildman–Crippen MR) is 75.6 cm³/mol. The van der Waals surface area contributed by atoms with Crippen molar-refractivity contribution < 1.29 is 19.4 Å². The van der Waals surface area contributed by atoms with Crippen LogP contribution >= 0.6 is 0 Å². The number of carbonyl (C=O) groups is 2. The highest BCUT2D eigenvalue weighted by Gasteiger charge is 2.40. The van der Waals surface area contributed by atoms with E-state index in [9.17, 15) is 14.7 Å². The van der Waals surface area contributed by atoms with Crippen LogP contribution in [0.1, 0.15) is 41.0 Å². The fraction of sp³-hybridized carbons (Fsp3) is 0.857. The summed E-state index contributed by atoms with van der Waals surface area (Å²) in [4.78, 5) is 25.2. The average molecular weight is 286 g/mol. The molecule has 1 aliphatic rings. The minimum Gasteiger partial charge on any atom is -0.480 e. The van der Waals surface area contributed by atoms with Crippen LogP contribution < -0.4 is 5.32 Å². The number of piperazine rings is 1. The standard InChI is InChI=1S/C14H26N2O4/c1-9(2)8-10-11(12(17)18)15-6-7-16(10)13(19)20-14(3,4)5/h9-11,15H,6-8H2,1-5H3,(H,17,18)/t10-,11?/m0/s1. The molecule has 0 aromatic carbocycles. The highest BCUT2D eigenvalue weighted by molar-refractivity contribution is 5.77. The Balaban J connectivity index is 2.89. The summed E-state index contributed by atoms with van der Waals surface area (Å²) in [6.45, 7) is 10.4. The Bertz CT molecular complexity index is 363. The molecule has 1 saturated heterocycles. The maximum absolute atomic E-state index is 12.3. The van der Waals surface area contributed by atoms with Crippen LogP contribution in [-0.2, 0) is 9.53 Å². The molecule has 0 bridgehead atoms. The van der Waals surface area contributed by atoms with Gasteiger partial charge in [0.2, 0.25) is 0 Å². The topological polar surface area (TPSA) is 78.9 Å². The molecule has 2 N–H and O–H groups in total. The summed E-state index contributed by atoms with van der Waals surface area (Å²) in [5.41, 5.74) is -0.580. The van der Waals surface area contributed by atoms with Crippen molar-refractivity contribution in [2.24, 2.45) is 5.92 Å². The van der Waals surface area contributed by atoms with Crippen molar-refractivity contribution in [3.05, 3.63) is 0 Å². The second-order valence-corrected chi connectivity index (χ2v) is 6.64. The van der Waals surface area contributed by atoms with Crippen LogP contribution in [0.2, 0.25) is 0 Å². The summed E-state index contributed by atoms with van der Waals surface area (Å²) < 4.78 is 5.38. The van der Waals surface area contributed by atoms with Crippen LogP contribution in [0, 0.1) is 5.92 Å². The van der Waals surface area contributed by atoms with Crippen LogP contribution in [0.5, 0.6) is 0 Å². The Morgan fingerprint density at radius 3 is 2.45 bits per heavy atom. The molecule has 1 aliphatic heterocycles. The van der Waals surface area contributed by atoms with Crippen molar-refractivity contribution in [2.45, 2.75) is 58.7 Å². The molecule has 20 heavy (non-hydrogen) atoms. The SMILES string of the molecule is CC(C)C[C@H]1C(C(=O)O)NCCN1C(=O)OC(C)(C)C. The molecule has 0 aliphatic carbocycles. The lowest BCUT2D eigenvalue weighted by Crippen LogP contribution is -2.63. The molecule has 6 heteroatoms. The number of hydrogen-bond donors (Lipinski definition) is 2. The summed E-state index contributed by atoms with van der Waals surface area (Å²) in [6, 6.07) is -1.12. The maximum Gasteiger partial charge on any atom is 0.410 e. The highest BCUT2D eigenvalue weighted by Crippen LogP contribution is 2.21. The first-order chi connectivity index (χ1) is 9.11. The number of amides is 1. The molecule has 2 atom stereocenters. The van der Waals surface area contributed by atoms with Gasteiger partial charge in [0.05, 0.1) is 6.04 Å². The zero-order valence-electron chi connectivity index (χ0n) is 13.0. The minimum absolute atomic E-state index is 0.298. The fourth-order valence-corrected chi connectivity index (χ4v) is 2.37. The van der Waals surface area contributed by atoms with E-state index in [0.717, 1.165) is 0 Å². The molecular formula is C14H26N2O4. The van der Waals surface area contributed by atoms with Gasteiger partial charge >= 0.3 is 12.1 Å². The van der Waals surface area contributed by atoms with Gasteiger partial charge in [-0.2, -0.15) is 0 Å². The van der Waals surface area contributed by atoms with Crippen molar-refractivity contribution in [2.75, 3.05) is 13.1 Å². The van der Waals surface area contributed by atoms with E-state index in [0.29, 0.717) is 25.4 Å². The zero-order chi connectivity index (χ0) is 15.5. The monoisotopic (exact) mass is 286 g/mol. The van der Waals surface area contributed by atoms with Gasteiger partial charge in [-0.25, -0.2) is 4.79 Å². The van der Waals surface area contributed by atoms with Gasteiger partial charge in [-0.05, 0) is 33.1 Å². The summed E-state index contributed by atoms with van der Waals surface area (Å²) >= 11 is 0. The van der Waals surface area contributed by atoms with Crippen molar-refractivity contribution >= 4 is 12.1 Å². The number of carboxylic acid groups (broad SMARTS) is 1. The normalized spacial score (nSPS) is 23.8. The zero-order valence-corrected chi connectivity index (χ0v) is 13.0. The molecule has 0 spiro atoms. The smallest absolute Gasteiger partial charge is 0.410 e. The van der Waals surface area contributed by atoms with Gasteiger partial charge in [0.1, 0.15) is 11.6 Å². The average Bonchev–Trinajstić information content (AvgIpc) is 2.25. The highest BCUT2D eigenvalue weighted by atomic mass is 16.6. The number of ether oxygens (including phenoxy) is 1. The predicted octanol–water partition coefficient (Wildman–Crippen LogP) is 1.69. The first-order valence-corrected chi connectivity index (χ1v) is 7.07. The number of carbonyl (C=O) groups excluding carboxylic acids is 1. The molecule has 116 valence electrons. The van der Waals surface area contributed by atoms with Crippen LogP contribution in [0.3, 0.4) is 0 Å². The van der Waals surface area contributed by atoms with Gasteiger partial charge in [-0.15, -0.1) is 0 Å². The number of nitrogens with zero attached hydrogens (tertiary/aromatic N) is 1. The Kier molecular flexibility index (Phi) is 5.39. The van der Waals surface area contributed by atoms with Crippen LogP contribution in [0.25, 0.3) is 0 Å².